The molecular formula is C15H14FN3O2S. The Morgan fingerprint density at radius 3 is 2.82 bits per heavy atom. The monoisotopic (exact) mass is 319 g/mol. The van der Waals surface area contributed by atoms with Crippen LogP contribution in [0.5, 0.6) is 0 Å². The highest BCUT2D eigenvalue weighted by atomic mass is 32.1. The smallest absolute Gasteiger partial charge is 0.339 e. The highest BCUT2D eigenvalue weighted by Gasteiger charge is 2.12. The van der Waals surface area contributed by atoms with E-state index in [1.165, 1.54) is 23.5 Å². The summed E-state index contributed by atoms with van der Waals surface area (Å²) < 4.78 is 12.8. The van der Waals surface area contributed by atoms with E-state index in [4.69, 9.17) is 5.73 Å². The molecule has 5 nitrogen and oxygen atoms in total. The molecule has 2 aromatic rings. The van der Waals surface area contributed by atoms with Gasteiger partial charge in [-0.15, -0.1) is 11.3 Å². The lowest BCUT2D eigenvalue weighted by Gasteiger charge is -2.14. The molecule has 1 aromatic heterocycles. The molecule has 0 fully saturated rings. The number of primary amides is 1. The number of benzene rings is 1. The molecule has 0 bridgehead atoms. The summed E-state index contributed by atoms with van der Waals surface area (Å²) in [4.78, 5) is 15.9. The van der Waals surface area contributed by atoms with Crippen molar-refractivity contribution in [2.24, 2.45) is 5.73 Å². The van der Waals surface area contributed by atoms with Gasteiger partial charge in [-0.2, -0.15) is 5.06 Å². The number of halogens is 1. The van der Waals surface area contributed by atoms with Crippen molar-refractivity contribution in [3.8, 4) is 11.8 Å². The zero-order valence-electron chi connectivity index (χ0n) is 11.8. The number of amides is 2. The topological polar surface area (TPSA) is 79.4 Å². The number of hydrogen-bond donors (Lipinski definition) is 2. The highest BCUT2D eigenvalue weighted by Crippen LogP contribution is 2.17. The lowest BCUT2D eigenvalue weighted by Crippen LogP contribution is -2.38. The maximum Gasteiger partial charge on any atom is 0.339 e. The second-order valence-electron chi connectivity index (χ2n) is 4.56. The highest BCUT2D eigenvalue weighted by molar-refractivity contribution is 7.12. The first-order valence-electron chi connectivity index (χ1n) is 6.44. The van der Waals surface area contributed by atoms with Gasteiger partial charge in [-0.05, 0) is 30.5 Å². The van der Waals surface area contributed by atoms with Gasteiger partial charge >= 0.3 is 6.03 Å². The fraction of sp³-hybridized carbons (Fsp3) is 0.200. The summed E-state index contributed by atoms with van der Waals surface area (Å²) >= 11 is 1.40. The predicted octanol–water partition coefficient (Wildman–Crippen LogP) is 2.38. The van der Waals surface area contributed by atoms with Crippen LogP contribution in [-0.2, 0) is 6.42 Å². The third-order valence-electron chi connectivity index (χ3n) is 2.83. The number of nitrogens with two attached hydrogens (primary N) is 1. The maximum atomic E-state index is 12.8. The molecule has 2 rings (SSSR count). The Balaban J connectivity index is 2.03. The summed E-state index contributed by atoms with van der Waals surface area (Å²) in [6, 6.07) is 4.59. The van der Waals surface area contributed by atoms with E-state index in [-0.39, 0.29) is 5.82 Å². The molecule has 1 unspecified atom stereocenters. The Bertz CT molecular complexity index is 718. The lowest BCUT2D eigenvalue weighted by molar-refractivity contribution is -0.0536. The van der Waals surface area contributed by atoms with Gasteiger partial charge in [-0.25, -0.2) is 14.2 Å². The van der Waals surface area contributed by atoms with Gasteiger partial charge in [-0.3, -0.25) is 5.21 Å². The number of carbonyl (C=O) groups excluding carboxylic acids is 1. The molecule has 0 saturated heterocycles. The summed E-state index contributed by atoms with van der Waals surface area (Å²) in [5, 5.41) is 10.2. The lowest BCUT2D eigenvalue weighted by atomic mass is 10.1. The van der Waals surface area contributed by atoms with Crippen molar-refractivity contribution >= 4 is 17.4 Å². The fourth-order valence-electron chi connectivity index (χ4n) is 1.67. The minimum atomic E-state index is -0.960. The molecular weight excluding hydrogens is 305 g/mol. The number of nitrogens with zero attached hydrogens (tertiary/aromatic N) is 2. The Kier molecular flexibility index (Phi) is 5.09. The van der Waals surface area contributed by atoms with Crippen molar-refractivity contribution in [1.82, 2.24) is 10.0 Å². The molecule has 1 atom stereocenters. The molecule has 0 saturated carbocycles. The molecule has 0 aliphatic heterocycles. The summed E-state index contributed by atoms with van der Waals surface area (Å²) in [6.45, 7) is 1.55. The van der Waals surface area contributed by atoms with Crippen LogP contribution in [0.1, 0.15) is 22.4 Å². The molecule has 1 aromatic carbocycles. The van der Waals surface area contributed by atoms with E-state index in [9.17, 15) is 14.4 Å². The third-order valence-corrected chi connectivity index (χ3v) is 3.74. The van der Waals surface area contributed by atoms with E-state index >= 15 is 0 Å². The number of hydrogen-bond acceptors (Lipinski definition) is 4. The number of aromatic nitrogens is 1. The Labute approximate surface area is 131 Å². The molecule has 0 spiro atoms. The van der Waals surface area contributed by atoms with E-state index in [0.29, 0.717) is 16.5 Å². The molecule has 0 aliphatic rings. The van der Waals surface area contributed by atoms with Crippen molar-refractivity contribution in [1.29, 1.82) is 0 Å². The second-order valence-corrected chi connectivity index (χ2v) is 5.68. The Morgan fingerprint density at radius 2 is 2.18 bits per heavy atom. The van der Waals surface area contributed by atoms with Gasteiger partial charge in [0, 0.05) is 17.5 Å². The first-order valence-corrected chi connectivity index (χ1v) is 7.25. The van der Waals surface area contributed by atoms with E-state index in [0.717, 1.165) is 10.4 Å². The van der Waals surface area contributed by atoms with Gasteiger partial charge in [-0.1, -0.05) is 18.1 Å². The quantitative estimate of drug-likeness (QED) is 0.518. The predicted molar refractivity (Wildman–Crippen MR) is 80.9 cm³/mol. The Hall–Kier alpha value is -2.43. The number of urea groups is 1. The van der Waals surface area contributed by atoms with Gasteiger partial charge in [0.05, 0.1) is 0 Å². The van der Waals surface area contributed by atoms with Crippen LogP contribution < -0.4 is 5.73 Å². The van der Waals surface area contributed by atoms with Crippen LogP contribution in [0, 0.1) is 17.7 Å². The SMILES string of the molecule is CC(C#Cc1ncc(Cc2ccc(F)cc2)s1)N(O)C(N)=O. The zero-order valence-corrected chi connectivity index (χ0v) is 12.6. The zero-order chi connectivity index (χ0) is 16.1. The van der Waals surface area contributed by atoms with Crippen molar-refractivity contribution in [2.75, 3.05) is 0 Å². The van der Waals surface area contributed by atoms with E-state index in [2.05, 4.69) is 16.8 Å². The molecule has 0 radical (unpaired) electrons. The standard InChI is InChI=1S/C15H14FN3O2S/c1-10(19(21)15(17)20)2-7-14-18-9-13(22-14)8-11-3-5-12(16)6-4-11/h3-6,9-10,21H,8H2,1H3,(H2,17,20). The van der Waals surface area contributed by atoms with Crippen LogP contribution in [-0.4, -0.2) is 27.3 Å². The first-order chi connectivity index (χ1) is 10.5. The number of hydroxylamine groups is 2. The van der Waals surface area contributed by atoms with Crippen LogP contribution in [0.25, 0.3) is 0 Å². The minimum absolute atomic E-state index is 0.267. The van der Waals surface area contributed by atoms with E-state index in [1.807, 2.05) is 0 Å². The number of rotatable bonds is 3. The van der Waals surface area contributed by atoms with E-state index in [1.54, 1.807) is 25.3 Å². The summed E-state index contributed by atoms with van der Waals surface area (Å²) in [5.41, 5.74) is 5.92. The number of thiazole rings is 1. The fourth-order valence-corrected chi connectivity index (χ4v) is 2.48. The third kappa shape index (κ3) is 4.28. The molecule has 3 N–H and O–H groups in total. The van der Waals surface area contributed by atoms with Crippen molar-refractivity contribution in [3.63, 3.8) is 0 Å². The van der Waals surface area contributed by atoms with Crippen LogP contribution >= 0.6 is 11.3 Å². The van der Waals surface area contributed by atoms with Gasteiger partial charge in [0.1, 0.15) is 11.9 Å². The molecule has 114 valence electrons. The van der Waals surface area contributed by atoms with Crippen molar-refractivity contribution in [2.45, 2.75) is 19.4 Å². The molecule has 7 heteroatoms. The average molecular weight is 319 g/mol. The molecule has 22 heavy (non-hydrogen) atoms. The van der Waals surface area contributed by atoms with Gasteiger partial charge in [0.2, 0.25) is 0 Å². The summed E-state index contributed by atoms with van der Waals surface area (Å²) in [6.07, 6.45) is 2.34. The molecule has 0 aliphatic carbocycles. The van der Waals surface area contributed by atoms with Crippen molar-refractivity contribution < 1.29 is 14.4 Å². The van der Waals surface area contributed by atoms with Crippen LogP contribution in [0.2, 0.25) is 0 Å². The minimum Gasteiger partial charge on any atom is -0.350 e. The van der Waals surface area contributed by atoms with Crippen LogP contribution in [0.4, 0.5) is 9.18 Å². The second kappa shape index (κ2) is 7.02. The normalized spacial score (nSPS) is 11.4. The maximum absolute atomic E-state index is 12.8. The van der Waals surface area contributed by atoms with Crippen molar-refractivity contribution in [3.05, 3.63) is 51.7 Å². The number of carbonyl (C=O) groups is 1. The van der Waals surface area contributed by atoms with Gasteiger partial charge in [0.25, 0.3) is 0 Å². The summed E-state index contributed by atoms with van der Waals surface area (Å²) in [5.74, 6) is 5.20. The largest absolute Gasteiger partial charge is 0.350 e. The Morgan fingerprint density at radius 1 is 1.50 bits per heavy atom. The first kappa shape index (κ1) is 15.9. The van der Waals surface area contributed by atoms with Crippen LogP contribution in [0.3, 0.4) is 0 Å². The van der Waals surface area contributed by atoms with E-state index < -0.39 is 12.1 Å². The van der Waals surface area contributed by atoms with Gasteiger partial charge < -0.3 is 5.73 Å². The molecule has 1 heterocycles. The summed E-state index contributed by atoms with van der Waals surface area (Å²) in [7, 11) is 0. The van der Waals surface area contributed by atoms with Crippen LogP contribution in [0.15, 0.2) is 30.5 Å². The molecule has 2 amide bonds. The van der Waals surface area contributed by atoms with Gasteiger partial charge in [0.15, 0.2) is 5.01 Å². The average Bonchev–Trinajstić information content (AvgIpc) is 2.94.